The predicted octanol–water partition coefficient (Wildman–Crippen LogP) is 2.48. The van der Waals surface area contributed by atoms with Crippen LogP contribution in [0.15, 0.2) is 30.5 Å². The average Bonchev–Trinajstić information content (AvgIpc) is 2.66. The van der Waals surface area contributed by atoms with Gasteiger partial charge in [0, 0.05) is 31.2 Å². The van der Waals surface area contributed by atoms with Crippen LogP contribution in [0.1, 0.15) is 13.8 Å². The second kappa shape index (κ2) is 4.05. The summed E-state index contributed by atoms with van der Waals surface area (Å²) in [6, 6.07) is 7.99. The lowest BCUT2D eigenvalue weighted by Gasteiger charge is -2.33. The number of hydrogen-bond donors (Lipinski definition) is 1. The van der Waals surface area contributed by atoms with Gasteiger partial charge in [-0.1, -0.05) is 18.2 Å². The molecule has 0 atom stereocenters. The average molecular weight is 246 g/mol. The zero-order chi connectivity index (χ0) is 13.5. The lowest BCUT2D eigenvalue weighted by Crippen LogP contribution is -2.48. The second-order valence-electron chi connectivity index (χ2n) is 5.07. The molecule has 96 valence electrons. The largest absolute Gasteiger partial charge is 0.480 e. The molecule has 0 aliphatic rings. The van der Waals surface area contributed by atoms with Crippen LogP contribution in [0.4, 0.5) is 5.69 Å². The van der Waals surface area contributed by atoms with E-state index in [4.69, 9.17) is 0 Å². The fourth-order valence-corrected chi connectivity index (χ4v) is 2.03. The van der Waals surface area contributed by atoms with Crippen LogP contribution in [0, 0.1) is 0 Å². The Bertz CT molecular complexity index is 599. The van der Waals surface area contributed by atoms with Gasteiger partial charge in [-0.05, 0) is 19.9 Å². The Balaban J connectivity index is 2.59. The first-order valence-electron chi connectivity index (χ1n) is 5.87. The van der Waals surface area contributed by atoms with Crippen LogP contribution in [-0.2, 0) is 11.8 Å². The molecule has 0 saturated carbocycles. The summed E-state index contributed by atoms with van der Waals surface area (Å²) in [6.45, 7) is 3.41. The third kappa shape index (κ3) is 1.74. The van der Waals surface area contributed by atoms with Gasteiger partial charge in [0.2, 0.25) is 0 Å². The minimum absolute atomic E-state index is 0.835. The van der Waals surface area contributed by atoms with Gasteiger partial charge >= 0.3 is 5.97 Å². The number of carboxylic acid groups (broad SMARTS) is 1. The first-order chi connectivity index (χ1) is 8.35. The molecule has 0 aliphatic heterocycles. The van der Waals surface area contributed by atoms with Crippen LogP contribution in [0.5, 0.6) is 0 Å². The van der Waals surface area contributed by atoms with Crippen LogP contribution in [0.3, 0.4) is 0 Å². The lowest BCUT2D eigenvalue weighted by atomic mass is 10.0. The van der Waals surface area contributed by atoms with Crippen LogP contribution in [-0.4, -0.2) is 28.2 Å². The van der Waals surface area contributed by atoms with Gasteiger partial charge in [-0.2, -0.15) is 0 Å². The van der Waals surface area contributed by atoms with E-state index in [1.54, 1.807) is 18.7 Å². The molecular formula is C14H18N2O2. The normalized spacial score (nSPS) is 11.8. The molecule has 1 N–H and O–H groups in total. The molecule has 1 aromatic heterocycles. The van der Waals surface area contributed by atoms with Gasteiger partial charge in [0.25, 0.3) is 0 Å². The number of aryl methyl sites for hydroxylation is 1. The molecule has 0 amide bonds. The highest BCUT2D eigenvalue weighted by molar-refractivity contribution is 5.96. The van der Waals surface area contributed by atoms with Crippen molar-refractivity contribution in [3.8, 4) is 0 Å². The van der Waals surface area contributed by atoms with Crippen molar-refractivity contribution in [2.45, 2.75) is 19.4 Å². The summed E-state index contributed by atoms with van der Waals surface area (Å²) < 4.78 is 2.01. The number of para-hydroxylation sites is 1. The number of aromatic nitrogens is 1. The van der Waals surface area contributed by atoms with Gasteiger partial charge in [-0.3, -0.25) is 0 Å². The molecule has 2 aromatic rings. The van der Waals surface area contributed by atoms with Crippen LogP contribution >= 0.6 is 0 Å². The highest BCUT2D eigenvalue weighted by Gasteiger charge is 2.33. The molecule has 2 rings (SSSR count). The molecule has 0 aliphatic carbocycles. The smallest absolute Gasteiger partial charge is 0.328 e. The van der Waals surface area contributed by atoms with E-state index in [1.807, 2.05) is 49.1 Å². The molecule has 0 unspecified atom stereocenters. The summed E-state index contributed by atoms with van der Waals surface area (Å²) in [5, 5.41) is 10.4. The zero-order valence-corrected chi connectivity index (χ0v) is 11.1. The van der Waals surface area contributed by atoms with Crippen molar-refractivity contribution < 1.29 is 9.90 Å². The van der Waals surface area contributed by atoms with E-state index >= 15 is 0 Å². The predicted molar refractivity (Wildman–Crippen MR) is 73.0 cm³/mol. The Hall–Kier alpha value is -1.97. The summed E-state index contributed by atoms with van der Waals surface area (Å²) in [5.74, 6) is -0.835. The van der Waals surface area contributed by atoms with Crippen molar-refractivity contribution in [2.75, 3.05) is 11.9 Å². The second-order valence-corrected chi connectivity index (χ2v) is 5.07. The molecule has 1 aromatic carbocycles. The molecule has 0 saturated heterocycles. The third-order valence-corrected chi connectivity index (χ3v) is 3.60. The minimum Gasteiger partial charge on any atom is -0.480 e. The topological polar surface area (TPSA) is 45.5 Å². The summed E-state index contributed by atoms with van der Waals surface area (Å²) in [7, 11) is 3.78. The van der Waals surface area contributed by atoms with Crippen LogP contribution in [0.25, 0.3) is 10.9 Å². The third-order valence-electron chi connectivity index (χ3n) is 3.60. The molecule has 0 bridgehead atoms. The fourth-order valence-electron chi connectivity index (χ4n) is 2.03. The summed E-state index contributed by atoms with van der Waals surface area (Å²) >= 11 is 0. The number of anilines is 1. The minimum atomic E-state index is -0.940. The monoisotopic (exact) mass is 246 g/mol. The Kier molecular flexibility index (Phi) is 2.81. The SMILES string of the molecule is CN(c1cn(C)c2ccccc12)C(C)(C)C(=O)O. The maximum Gasteiger partial charge on any atom is 0.328 e. The van der Waals surface area contributed by atoms with E-state index in [2.05, 4.69) is 0 Å². The first-order valence-corrected chi connectivity index (χ1v) is 5.87. The number of benzene rings is 1. The number of likely N-dealkylation sites (N-methyl/N-ethyl adjacent to an activating group) is 1. The highest BCUT2D eigenvalue weighted by Crippen LogP contribution is 2.31. The fraction of sp³-hybridized carbons (Fsp3) is 0.357. The zero-order valence-electron chi connectivity index (χ0n) is 11.1. The number of aliphatic carboxylic acids is 1. The molecule has 1 heterocycles. The Morgan fingerprint density at radius 3 is 2.56 bits per heavy atom. The summed E-state index contributed by atoms with van der Waals surface area (Å²) in [4.78, 5) is 13.1. The molecule has 18 heavy (non-hydrogen) atoms. The Morgan fingerprint density at radius 1 is 1.33 bits per heavy atom. The molecule has 0 radical (unpaired) electrons. The number of carbonyl (C=O) groups is 1. The summed E-state index contributed by atoms with van der Waals surface area (Å²) in [5.41, 5.74) is 1.09. The van der Waals surface area contributed by atoms with Gasteiger partial charge in [0.1, 0.15) is 5.54 Å². The number of carboxylic acids is 1. The van der Waals surface area contributed by atoms with Gasteiger partial charge < -0.3 is 14.6 Å². The number of rotatable bonds is 3. The van der Waals surface area contributed by atoms with Crippen LogP contribution < -0.4 is 4.90 Å². The first kappa shape index (κ1) is 12.5. The van der Waals surface area contributed by atoms with E-state index in [-0.39, 0.29) is 0 Å². The number of nitrogens with zero attached hydrogens (tertiary/aromatic N) is 2. The van der Waals surface area contributed by atoms with Crippen molar-refractivity contribution >= 4 is 22.6 Å². The number of hydrogen-bond acceptors (Lipinski definition) is 2. The lowest BCUT2D eigenvalue weighted by molar-refractivity contribution is -0.142. The maximum atomic E-state index is 11.3. The quantitative estimate of drug-likeness (QED) is 0.905. The van der Waals surface area contributed by atoms with E-state index in [9.17, 15) is 9.90 Å². The standard InChI is InChI=1S/C14H18N2O2/c1-14(2,13(17)18)16(4)12-9-15(3)11-8-6-5-7-10(11)12/h5-9H,1-4H3,(H,17,18). The molecule has 0 fully saturated rings. The summed E-state index contributed by atoms with van der Waals surface area (Å²) in [6.07, 6.45) is 1.97. The van der Waals surface area contributed by atoms with Crippen molar-refractivity contribution in [1.82, 2.24) is 4.57 Å². The Morgan fingerprint density at radius 2 is 1.94 bits per heavy atom. The molecule has 4 heteroatoms. The van der Waals surface area contributed by atoms with Gasteiger partial charge in [-0.15, -0.1) is 0 Å². The highest BCUT2D eigenvalue weighted by atomic mass is 16.4. The van der Waals surface area contributed by atoms with Crippen molar-refractivity contribution in [1.29, 1.82) is 0 Å². The molecule has 4 nitrogen and oxygen atoms in total. The van der Waals surface area contributed by atoms with E-state index in [0.29, 0.717) is 0 Å². The van der Waals surface area contributed by atoms with Crippen molar-refractivity contribution in [3.63, 3.8) is 0 Å². The Labute approximate surface area is 106 Å². The van der Waals surface area contributed by atoms with E-state index < -0.39 is 11.5 Å². The van der Waals surface area contributed by atoms with Crippen molar-refractivity contribution in [3.05, 3.63) is 30.5 Å². The van der Waals surface area contributed by atoms with Gasteiger partial charge in [-0.25, -0.2) is 4.79 Å². The number of fused-ring (bicyclic) bond motifs is 1. The van der Waals surface area contributed by atoms with E-state index in [0.717, 1.165) is 16.6 Å². The maximum absolute atomic E-state index is 11.3. The van der Waals surface area contributed by atoms with Gasteiger partial charge in [0.15, 0.2) is 0 Å². The van der Waals surface area contributed by atoms with Gasteiger partial charge in [0.05, 0.1) is 5.69 Å². The molecule has 0 spiro atoms. The molecular weight excluding hydrogens is 228 g/mol. The van der Waals surface area contributed by atoms with Crippen molar-refractivity contribution in [2.24, 2.45) is 7.05 Å². The van der Waals surface area contributed by atoms with E-state index in [1.165, 1.54) is 0 Å². The van der Waals surface area contributed by atoms with Crippen LogP contribution in [0.2, 0.25) is 0 Å².